The highest BCUT2D eigenvalue weighted by molar-refractivity contribution is 7.99. The minimum absolute atomic E-state index is 0.0937. The number of thioether (sulfide) groups is 1. The van der Waals surface area contributed by atoms with Gasteiger partial charge in [-0.3, -0.25) is 9.36 Å². The van der Waals surface area contributed by atoms with E-state index in [9.17, 15) is 4.79 Å². The Bertz CT molecular complexity index is 1250. The maximum Gasteiger partial charge on any atom is 0.234 e. The van der Waals surface area contributed by atoms with Crippen molar-refractivity contribution in [2.45, 2.75) is 38.3 Å². The Balaban J connectivity index is 1.53. The van der Waals surface area contributed by atoms with Crippen molar-refractivity contribution in [3.05, 3.63) is 88.9 Å². The van der Waals surface area contributed by atoms with Crippen LogP contribution in [0.3, 0.4) is 0 Å². The Hall–Kier alpha value is -3.09. The minimum Gasteiger partial charge on any atom is -0.325 e. The van der Waals surface area contributed by atoms with Crippen LogP contribution in [0.15, 0.2) is 78.0 Å². The molecule has 174 valence electrons. The molecule has 4 aromatic rings. The molecule has 4 rings (SSSR count). The Labute approximate surface area is 209 Å². The second-order valence-corrected chi connectivity index (χ2v) is 9.63. The summed E-state index contributed by atoms with van der Waals surface area (Å²) in [5.41, 5.74) is 5.07. The molecule has 1 amide bonds. The first-order valence-electron chi connectivity index (χ1n) is 11.3. The number of nitrogens with zero attached hydrogens (tertiary/aromatic N) is 3. The van der Waals surface area contributed by atoms with Gasteiger partial charge in [0.25, 0.3) is 0 Å². The van der Waals surface area contributed by atoms with E-state index in [2.05, 4.69) is 41.5 Å². The van der Waals surface area contributed by atoms with Gasteiger partial charge in [-0.2, -0.15) is 0 Å². The summed E-state index contributed by atoms with van der Waals surface area (Å²) < 4.78 is 1.96. The molecular weight excluding hydrogens is 464 g/mol. The summed E-state index contributed by atoms with van der Waals surface area (Å²) >= 11 is 7.45. The molecule has 0 fully saturated rings. The molecule has 5 nitrogen and oxygen atoms in total. The van der Waals surface area contributed by atoms with E-state index < -0.39 is 0 Å². The van der Waals surface area contributed by atoms with Crippen LogP contribution >= 0.6 is 23.4 Å². The molecule has 1 aromatic heterocycles. The van der Waals surface area contributed by atoms with Crippen LogP contribution in [0.25, 0.3) is 17.1 Å². The van der Waals surface area contributed by atoms with Crippen LogP contribution in [0.5, 0.6) is 0 Å². The largest absolute Gasteiger partial charge is 0.325 e. The zero-order chi connectivity index (χ0) is 24.1. The Morgan fingerprint density at radius 1 is 1.00 bits per heavy atom. The highest BCUT2D eigenvalue weighted by Crippen LogP contribution is 2.29. The smallest absolute Gasteiger partial charge is 0.234 e. The van der Waals surface area contributed by atoms with Gasteiger partial charge in [-0.25, -0.2) is 0 Å². The Morgan fingerprint density at radius 2 is 1.68 bits per heavy atom. The van der Waals surface area contributed by atoms with Crippen molar-refractivity contribution in [1.29, 1.82) is 0 Å². The lowest BCUT2D eigenvalue weighted by Gasteiger charge is -2.12. The molecule has 7 heteroatoms. The predicted molar refractivity (Wildman–Crippen MR) is 141 cm³/mol. The van der Waals surface area contributed by atoms with Gasteiger partial charge in [-0.1, -0.05) is 79.2 Å². The third-order valence-corrected chi connectivity index (χ3v) is 6.92. The molecule has 0 aliphatic rings. The van der Waals surface area contributed by atoms with E-state index in [0.29, 0.717) is 21.9 Å². The van der Waals surface area contributed by atoms with E-state index in [4.69, 9.17) is 11.6 Å². The van der Waals surface area contributed by atoms with Gasteiger partial charge in [0.15, 0.2) is 11.0 Å². The number of amides is 1. The van der Waals surface area contributed by atoms with E-state index >= 15 is 0 Å². The fourth-order valence-electron chi connectivity index (χ4n) is 3.53. The van der Waals surface area contributed by atoms with Crippen LogP contribution in [0.4, 0.5) is 5.69 Å². The molecule has 34 heavy (non-hydrogen) atoms. The first kappa shape index (κ1) is 24.0. The normalized spacial score (nSPS) is 11.9. The third-order valence-electron chi connectivity index (χ3n) is 5.74. The fourth-order valence-corrected chi connectivity index (χ4v) is 4.41. The van der Waals surface area contributed by atoms with Gasteiger partial charge < -0.3 is 5.32 Å². The molecule has 3 aromatic carbocycles. The van der Waals surface area contributed by atoms with Crippen LogP contribution in [0.1, 0.15) is 37.3 Å². The van der Waals surface area contributed by atoms with Gasteiger partial charge in [0, 0.05) is 22.0 Å². The number of rotatable bonds is 8. The summed E-state index contributed by atoms with van der Waals surface area (Å²) in [5.74, 6) is 1.34. The maximum atomic E-state index is 12.7. The van der Waals surface area contributed by atoms with Crippen molar-refractivity contribution < 1.29 is 4.79 Å². The van der Waals surface area contributed by atoms with E-state index in [-0.39, 0.29) is 11.7 Å². The predicted octanol–water partition coefficient (Wildman–Crippen LogP) is 7.14. The number of aromatic nitrogens is 3. The van der Waals surface area contributed by atoms with Crippen LogP contribution in [-0.4, -0.2) is 26.4 Å². The molecule has 0 aliphatic heterocycles. The highest BCUT2D eigenvalue weighted by atomic mass is 35.5. The van der Waals surface area contributed by atoms with E-state index in [1.54, 1.807) is 0 Å². The molecule has 0 saturated heterocycles. The highest BCUT2D eigenvalue weighted by Gasteiger charge is 2.17. The van der Waals surface area contributed by atoms with Crippen LogP contribution in [-0.2, 0) is 4.79 Å². The van der Waals surface area contributed by atoms with Gasteiger partial charge >= 0.3 is 0 Å². The molecule has 1 atom stereocenters. The number of carbonyl (C=O) groups excluding carboxylic acids is 1. The molecule has 0 aliphatic carbocycles. The number of hydrogen-bond acceptors (Lipinski definition) is 4. The average molecular weight is 491 g/mol. The van der Waals surface area contributed by atoms with E-state index in [0.717, 1.165) is 23.4 Å². The van der Waals surface area contributed by atoms with Crippen LogP contribution in [0, 0.1) is 6.92 Å². The first-order valence-corrected chi connectivity index (χ1v) is 12.6. The second-order valence-electron chi connectivity index (χ2n) is 8.25. The van der Waals surface area contributed by atoms with Gasteiger partial charge in [0.1, 0.15) is 0 Å². The number of benzene rings is 3. The van der Waals surface area contributed by atoms with E-state index in [1.807, 2.05) is 72.2 Å². The van der Waals surface area contributed by atoms with Gasteiger partial charge in [-0.05, 0) is 61.2 Å². The third kappa shape index (κ3) is 5.69. The fraction of sp³-hybridized carbons (Fsp3) is 0.222. The number of aryl methyl sites for hydroxylation is 1. The van der Waals surface area contributed by atoms with Crippen molar-refractivity contribution in [3.8, 4) is 17.1 Å². The molecule has 0 radical (unpaired) electrons. The second kappa shape index (κ2) is 10.9. The summed E-state index contributed by atoms with van der Waals surface area (Å²) in [5, 5.41) is 13.1. The molecular formula is C27H27ClN4OS. The average Bonchev–Trinajstić information content (AvgIpc) is 3.27. The summed E-state index contributed by atoms with van der Waals surface area (Å²) in [6.45, 7) is 6.42. The van der Waals surface area contributed by atoms with Crippen molar-refractivity contribution in [1.82, 2.24) is 14.8 Å². The van der Waals surface area contributed by atoms with Crippen LogP contribution < -0.4 is 5.32 Å². The van der Waals surface area contributed by atoms with Gasteiger partial charge in [0.2, 0.25) is 5.91 Å². The number of carbonyl (C=O) groups is 1. The van der Waals surface area contributed by atoms with Crippen molar-refractivity contribution in [2.75, 3.05) is 11.1 Å². The van der Waals surface area contributed by atoms with Gasteiger partial charge in [-0.15, -0.1) is 10.2 Å². The quantitative estimate of drug-likeness (QED) is 0.266. The summed E-state index contributed by atoms with van der Waals surface area (Å²) in [6.07, 6.45) is 1.08. The van der Waals surface area contributed by atoms with Crippen molar-refractivity contribution >= 4 is 35.0 Å². The van der Waals surface area contributed by atoms with Crippen molar-refractivity contribution in [2.24, 2.45) is 0 Å². The van der Waals surface area contributed by atoms with E-state index in [1.165, 1.54) is 22.9 Å². The molecule has 0 bridgehead atoms. The maximum absolute atomic E-state index is 12.7. The topological polar surface area (TPSA) is 59.8 Å². The standard InChI is InChI=1S/C27H27ClN4OS/c1-4-19(3)20-9-13-23(14-10-20)29-25(33)17-34-27-31-30-26(21-7-5-18(2)6-8-21)32(27)24-15-11-22(28)12-16-24/h5-16,19H,4,17H2,1-3H3,(H,29,33)/t19-/m1/s1. The molecule has 0 spiro atoms. The van der Waals surface area contributed by atoms with Crippen LogP contribution in [0.2, 0.25) is 5.02 Å². The zero-order valence-corrected chi connectivity index (χ0v) is 21.0. The minimum atomic E-state index is -0.0937. The van der Waals surface area contributed by atoms with Crippen molar-refractivity contribution in [3.63, 3.8) is 0 Å². The summed E-state index contributed by atoms with van der Waals surface area (Å²) in [7, 11) is 0. The Kier molecular flexibility index (Phi) is 7.70. The lowest BCUT2D eigenvalue weighted by molar-refractivity contribution is -0.113. The molecule has 0 saturated carbocycles. The Morgan fingerprint density at radius 3 is 2.32 bits per heavy atom. The molecule has 1 N–H and O–H groups in total. The summed E-state index contributed by atoms with van der Waals surface area (Å²) in [6, 6.07) is 23.7. The zero-order valence-electron chi connectivity index (χ0n) is 19.5. The molecule has 0 unspecified atom stereocenters. The number of nitrogens with one attached hydrogen (secondary N) is 1. The first-order chi connectivity index (χ1) is 16.4. The number of anilines is 1. The SMILES string of the molecule is CC[C@@H](C)c1ccc(NC(=O)CSc2nnc(-c3ccc(C)cc3)n2-c2ccc(Cl)cc2)cc1. The number of hydrogen-bond donors (Lipinski definition) is 1. The monoisotopic (exact) mass is 490 g/mol. The lowest BCUT2D eigenvalue weighted by atomic mass is 9.99. The molecule has 1 heterocycles. The summed E-state index contributed by atoms with van der Waals surface area (Å²) in [4.78, 5) is 12.7. The lowest BCUT2D eigenvalue weighted by Crippen LogP contribution is -2.14. The van der Waals surface area contributed by atoms with Gasteiger partial charge in [0.05, 0.1) is 5.75 Å². The number of halogens is 1.